The third-order valence-corrected chi connectivity index (χ3v) is 4.66. The maximum Gasteiger partial charge on any atom is 0.318 e. The number of carbonyl (C=O) groups excluding carboxylic acids is 1. The molecule has 20 heavy (non-hydrogen) atoms. The molecule has 1 aromatic rings. The molecule has 0 unspecified atom stereocenters. The Morgan fingerprint density at radius 3 is 2.35 bits per heavy atom. The molecule has 10 heteroatoms. The van der Waals surface area contributed by atoms with Gasteiger partial charge in [0.2, 0.25) is 15.9 Å². The minimum Gasteiger partial charge on any atom is -0.480 e. The standard InChI is InChI=1S/C10H10Cl2N2O5S/c11-6-1-2-7(12)8(3-6)20(18,19)14(4-9(13)15)5-10(16)17/h1-3H,4-5H2,(H2,13,15)(H,16,17). The van der Waals surface area contributed by atoms with Crippen molar-refractivity contribution in [3.05, 3.63) is 28.2 Å². The Labute approximate surface area is 124 Å². The van der Waals surface area contributed by atoms with Crippen molar-refractivity contribution < 1.29 is 23.1 Å². The molecule has 0 atom stereocenters. The predicted octanol–water partition coefficient (Wildman–Crippen LogP) is 0.554. The summed E-state index contributed by atoms with van der Waals surface area (Å²) in [6.07, 6.45) is 0. The van der Waals surface area contributed by atoms with Crippen LogP contribution in [0.3, 0.4) is 0 Å². The molecule has 0 radical (unpaired) electrons. The molecule has 1 amide bonds. The van der Waals surface area contributed by atoms with Crippen molar-refractivity contribution in [1.29, 1.82) is 0 Å². The van der Waals surface area contributed by atoms with E-state index >= 15 is 0 Å². The van der Waals surface area contributed by atoms with Crippen LogP contribution < -0.4 is 5.73 Å². The Balaban J connectivity index is 3.31. The van der Waals surface area contributed by atoms with E-state index < -0.39 is 39.9 Å². The highest BCUT2D eigenvalue weighted by Crippen LogP contribution is 2.27. The number of carbonyl (C=O) groups is 2. The first-order chi connectivity index (χ1) is 9.14. The molecule has 0 heterocycles. The van der Waals surface area contributed by atoms with E-state index in [4.69, 9.17) is 34.0 Å². The summed E-state index contributed by atoms with van der Waals surface area (Å²) in [7, 11) is -4.31. The van der Waals surface area contributed by atoms with Crippen LogP contribution in [-0.4, -0.2) is 42.8 Å². The van der Waals surface area contributed by atoms with Gasteiger partial charge in [0.25, 0.3) is 0 Å². The van der Waals surface area contributed by atoms with Crippen LogP contribution in [0.15, 0.2) is 23.1 Å². The lowest BCUT2D eigenvalue weighted by Gasteiger charge is -2.19. The number of hydrogen-bond donors (Lipinski definition) is 2. The van der Waals surface area contributed by atoms with Crippen LogP contribution in [0.1, 0.15) is 0 Å². The zero-order chi connectivity index (χ0) is 15.5. The number of nitrogens with two attached hydrogens (primary N) is 1. The van der Waals surface area contributed by atoms with Gasteiger partial charge in [-0.2, -0.15) is 4.31 Å². The highest BCUT2D eigenvalue weighted by molar-refractivity contribution is 7.89. The van der Waals surface area contributed by atoms with Crippen LogP contribution in [0.5, 0.6) is 0 Å². The van der Waals surface area contributed by atoms with Gasteiger partial charge >= 0.3 is 5.97 Å². The molecular formula is C10H10Cl2N2O5S. The minimum absolute atomic E-state index is 0.0994. The molecule has 7 nitrogen and oxygen atoms in total. The van der Waals surface area contributed by atoms with Gasteiger partial charge in [-0.25, -0.2) is 8.42 Å². The summed E-state index contributed by atoms with van der Waals surface area (Å²) in [5.74, 6) is -2.43. The van der Waals surface area contributed by atoms with Crippen LogP contribution in [0.25, 0.3) is 0 Å². The van der Waals surface area contributed by atoms with Gasteiger partial charge in [-0.05, 0) is 18.2 Å². The first-order valence-electron chi connectivity index (χ1n) is 5.10. The Bertz CT molecular complexity index is 631. The Morgan fingerprint density at radius 2 is 1.85 bits per heavy atom. The lowest BCUT2D eigenvalue weighted by atomic mass is 10.4. The number of amides is 1. The third kappa shape index (κ3) is 4.07. The third-order valence-electron chi connectivity index (χ3n) is 2.15. The predicted molar refractivity (Wildman–Crippen MR) is 72.1 cm³/mol. The topological polar surface area (TPSA) is 118 Å². The second kappa shape index (κ2) is 6.40. The van der Waals surface area contributed by atoms with E-state index in [0.717, 1.165) is 6.07 Å². The smallest absolute Gasteiger partial charge is 0.318 e. The fourth-order valence-corrected chi connectivity index (χ4v) is 3.46. The number of sulfonamides is 1. The second-order valence-corrected chi connectivity index (χ2v) is 6.46. The molecular weight excluding hydrogens is 331 g/mol. The molecule has 0 saturated carbocycles. The summed E-state index contributed by atoms with van der Waals surface area (Å²) < 4.78 is 25.0. The number of nitrogens with zero attached hydrogens (tertiary/aromatic N) is 1. The molecule has 0 aliphatic heterocycles. The maximum atomic E-state index is 12.3. The van der Waals surface area contributed by atoms with Gasteiger partial charge in [-0.15, -0.1) is 0 Å². The first kappa shape index (κ1) is 16.7. The SMILES string of the molecule is NC(=O)CN(CC(=O)O)S(=O)(=O)c1cc(Cl)ccc1Cl. The van der Waals surface area contributed by atoms with Gasteiger partial charge in [-0.3, -0.25) is 9.59 Å². The Morgan fingerprint density at radius 1 is 1.25 bits per heavy atom. The van der Waals surface area contributed by atoms with Crippen molar-refractivity contribution >= 4 is 45.1 Å². The quantitative estimate of drug-likeness (QED) is 0.784. The van der Waals surface area contributed by atoms with Crippen molar-refractivity contribution in [2.45, 2.75) is 4.90 Å². The normalized spacial score (nSPS) is 11.6. The van der Waals surface area contributed by atoms with Gasteiger partial charge in [0.1, 0.15) is 11.4 Å². The Hall–Kier alpha value is -1.35. The summed E-state index contributed by atoms with van der Waals surface area (Å²) in [5, 5.41) is 8.67. The van der Waals surface area contributed by atoms with E-state index in [1.54, 1.807) is 0 Å². The van der Waals surface area contributed by atoms with Gasteiger partial charge < -0.3 is 10.8 Å². The molecule has 110 valence electrons. The van der Waals surface area contributed by atoms with Crippen LogP contribution in [0.4, 0.5) is 0 Å². The molecule has 0 aliphatic rings. The number of carboxylic acid groups (broad SMARTS) is 1. The molecule has 0 spiro atoms. The van der Waals surface area contributed by atoms with Crippen molar-refractivity contribution in [3.8, 4) is 0 Å². The monoisotopic (exact) mass is 340 g/mol. The highest BCUT2D eigenvalue weighted by Gasteiger charge is 2.30. The zero-order valence-corrected chi connectivity index (χ0v) is 12.2. The highest BCUT2D eigenvalue weighted by atomic mass is 35.5. The lowest BCUT2D eigenvalue weighted by molar-refractivity contribution is -0.137. The van der Waals surface area contributed by atoms with Crippen LogP contribution in [-0.2, 0) is 19.6 Å². The average molecular weight is 341 g/mol. The fraction of sp³-hybridized carbons (Fsp3) is 0.200. The fourth-order valence-electron chi connectivity index (χ4n) is 1.36. The van der Waals surface area contributed by atoms with E-state index in [1.807, 2.05) is 0 Å². The molecule has 1 aromatic carbocycles. The van der Waals surface area contributed by atoms with Gasteiger partial charge in [0.05, 0.1) is 11.6 Å². The number of primary amides is 1. The van der Waals surface area contributed by atoms with E-state index in [9.17, 15) is 18.0 Å². The van der Waals surface area contributed by atoms with Crippen LogP contribution in [0.2, 0.25) is 10.0 Å². The van der Waals surface area contributed by atoms with Crippen molar-refractivity contribution in [1.82, 2.24) is 4.31 Å². The van der Waals surface area contributed by atoms with Crippen molar-refractivity contribution in [2.75, 3.05) is 13.1 Å². The first-order valence-corrected chi connectivity index (χ1v) is 7.29. The average Bonchev–Trinajstić information content (AvgIpc) is 2.30. The number of halogens is 2. The minimum atomic E-state index is -4.31. The van der Waals surface area contributed by atoms with Crippen molar-refractivity contribution in [2.24, 2.45) is 5.73 Å². The van der Waals surface area contributed by atoms with E-state index in [-0.39, 0.29) is 10.0 Å². The molecule has 0 bridgehead atoms. The summed E-state index contributed by atoms with van der Waals surface area (Å²) in [6, 6.07) is 3.69. The van der Waals surface area contributed by atoms with Gasteiger partial charge in [0.15, 0.2) is 0 Å². The van der Waals surface area contributed by atoms with Crippen LogP contribution >= 0.6 is 23.2 Å². The zero-order valence-electron chi connectivity index (χ0n) is 9.92. The summed E-state index contributed by atoms with van der Waals surface area (Å²) in [4.78, 5) is 21.2. The number of rotatable bonds is 6. The number of aliphatic carboxylic acids is 1. The van der Waals surface area contributed by atoms with Crippen LogP contribution in [0, 0.1) is 0 Å². The second-order valence-electron chi connectivity index (χ2n) is 3.71. The maximum absolute atomic E-state index is 12.3. The number of carboxylic acids is 1. The molecule has 3 N–H and O–H groups in total. The summed E-state index contributed by atoms with van der Waals surface area (Å²) in [5.41, 5.74) is 4.91. The van der Waals surface area contributed by atoms with Gasteiger partial charge in [0, 0.05) is 5.02 Å². The lowest BCUT2D eigenvalue weighted by Crippen LogP contribution is -2.41. The van der Waals surface area contributed by atoms with E-state index in [1.165, 1.54) is 12.1 Å². The molecule has 1 rings (SSSR count). The largest absolute Gasteiger partial charge is 0.480 e. The number of benzene rings is 1. The molecule has 0 saturated heterocycles. The van der Waals surface area contributed by atoms with Crippen molar-refractivity contribution in [3.63, 3.8) is 0 Å². The molecule has 0 fully saturated rings. The van der Waals surface area contributed by atoms with E-state index in [2.05, 4.69) is 0 Å². The summed E-state index contributed by atoms with van der Waals surface area (Å²) in [6.45, 7) is -1.70. The molecule has 0 aromatic heterocycles. The Kier molecular flexibility index (Phi) is 5.35. The molecule has 0 aliphatic carbocycles. The van der Waals surface area contributed by atoms with Gasteiger partial charge in [-0.1, -0.05) is 23.2 Å². The van der Waals surface area contributed by atoms with E-state index in [0.29, 0.717) is 4.31 Å². The summed E-state index contributed by atoms with van der Waals surface area (Å²) >= 11 is 11.5. The number of hydrogen-bond acceptors (Lipinski definition) is 4.